The van der Waals surface area contributed by atoms with Gasteiger partial charge in [0.15, 0.2) is 0 Å². The van der Waals surface area contributed by atoms with Crippen molar-refractivity contribution < 1.29 is 4.74 Å². The molecule has 0 bridgehead atoms. The summed E-state index contributed by atoms with van der Waals surface area (Å²) in [6, 6.07) is 7.94. The van der Waals surface area contributed by atoms with Crippen molar-refractivity contribution in [2.45, 2.75) is 13.3 Å². The van der Waals surface area contributed by atoms with E-state index in [1.807, 2.05) is 31.2 Å². The van der Waals surface area contributed by atoms with Gasteiger partial charge in [0.1, 0.15) is 10.8 Å². The van der Waals surface area contributed by atoms with E-state index in [1.54, 1.807) is 18.4 Å². The summed E-state index contributed by atoms with van der Waals surface area (Å²) in [5.41, 5.74) is 7.71. The molecule has 1 aromatic heterocycles. The van der Waals surface area contributed by atoms with E-state index in [-0.39, 0.29) is 0 Å². The lowest BCUT2D eigenvalue weighted by atomic mass is 10.2. The third-order valence-electron chi connectivity index (χ3n) is 2.60. The molecule has 0 spiro atoms. The number of rotatable bonds is 4. The smallest absolute Gasteiger partial charge is 0.129 e. The highest BCUT2D eigenvalue weighted by atomic mass is 32.1. The van der Waals surface area contributed by atoms with Crippen molar-refractivity contribution in [3.05, 3.63) is 34.8 Å². The summed E-state index contributed by atoms with van der Waals surface area (Å²) < 4.78 is 5.35. The van der Waals surface area contributed by atoms with Crippen LogP contribution in [0.1, 0.15) is 10.6 Å². The summed E-state index contributed by atoms with van der Waals surface area (Å²) in [6.07, 6.45) is 0.888. The van der Waals surface area contributed by atoms with Crippen LogP contribution in [0.3, 0.4) is 0 Å². The second-order valence-corrected chi connectivity index (χ2v) is 4.85. The number of nitrogens with zero attached hydrogens (tertiary/aromatic N) is 1. The zero-order valence-corrected chi connectivity index (χ0v) is 10.9. The van der Waals surface area contributed by atoms with Crippen LogP contribution in [0.2, 0.25) is 0 Å². The van der Waals surface area contributed by atoms with Crippen molar-refractivity contribution in [1.29, 1.82) is 0 Å². The molecule has 1 heterocycles. The minimum atomic E-state index is 0.661. The third kappa shape index (κ3) is 2.48. The molecule has 0 atom stereocenters. The Balaban J connectivity index is 2.42. The molecular formula is C13H16N2OS. The Morgan fingerprint density at radius 2 is 2.12 bits per heavy atom. The van der Waals surface area contributed by atoms with Gasteiger partial charge in [-0.1, -0.05) is 12.1 Å². The standard InChI is InChI=1S/C13H16N2OS/c1-9-12(7-8-14)17-13(15-9)10-5-3-4-6-11(10)16-2/h3-6H,7-8,14H2,1-2H3. The number of methoxy groups -OCH3 is 1. The van der Waals surface area contributed by atoms with Gasteiger partial charge in [0, 0.05) is 4.88 Å². The minimum Gasteiger partial charge on any atom is -0.496 e. The van der Waals surface area contributed by atoms with Crippen LogP contribution in [0.25, 0.3) is 10.6 Å². The molecule has 3 nitrogen and oxygen atoms in total. The van der Waals surface area contributed by atoms with E-state index in [4.69, 9.17) is 10.5 Å². The number of hydrogen-bond donors (Lipinski definition) is 1. The predicted octanol–water partition coefficient (Wildman–Crippen LogP) is 2.63. The van der Waals surface area contributed by atoms with E-state index >= 15 is 0 Å². The van der Waals surface area contributed by atoms with E-state index in [1.165, 1.54) is 4.88 Å². The van der Waals surface area contributed by atoms with Crippen LogP contribution >= 0.6 is 11.3 Å². The van der Waals surface area contributed by atoms with Crippen molar-refractivity contribution >= 4 is 11.3 Å². The van der Waals surface area contributed by atoms with Crippen LogP contribution in [-0.2, 0) is 6.42 Å². The van der Waals surface area contributed by atoms with Gasteiger partial charge in [0.05, 0.1) is 18.4 Å². The first-order valence-corrected chi connectivity index (χ1v) is 6.37. The number of nitrogens with two attached hydrogens (primary N) is 1. The first kappa shape index (κ1) is 12.1. The molecule has 0 saturated heterocycles. The molecular weight excluding hydrogens is 232 g/mol. The van der Waals surface area contributed by atoms with Crippen molar-refractivity contribution in [3.8, 4) is 16.3 Å². The van der Waals surface area contributed by atoms with E-state index in [2.05, 4.69) is 4.98 Å². The number of thiazole rings is 1. The van der Waals surface area contributed by atoms with E-state index in [0.29, 0.717) is 6.54 Å². The van der Waals surface area contributed by atoms with E-state index in [0.717, 1.165) is 28.4 Å². The second kappa shape index (κ2) is 5.29. The fourth-order valence-corrected chi connectivity index (χ4v) is 2.84. The summed E-state index contributed by atoms with van der Waals surface area (Å²) in [6.45, 7) is 2.69. The molecule has 2 rings (SSSR count). The van der Waals surface area contributed by atoms with Crippen molar-refractivity contribution in [1.82, 2.24) is 4.98 Å². The van der Waals surface area contributed by atoms with Crippen LogP contribution in [0.15, 0.2) is 24.3 Å². The van der Waals surface area contributed by atoms with Gasteiger partial charge in [0.25, 0.3) is 0 Å². The number of hydrogen-bond acceptors (Lipinski definition) is 4. The van der Waals surface area contributed by atoms with Gasteiger partial charge < -0.3 is 10.5 Å². The zero-order chi connectivity index (χ0) is 12.3. The van der Waals surface area contributed by atoms with Crippen LogP contribution in [-0.4, -0.2) is 18.6 Å². The molecule has 0 aliphatic heterocycles. The van der Waals surface area contributed by atoms with Gasteiger partial charge in [-0.2, -0.15) is 0 Å². The topological polar surface area (TPSA) is 48.1 Å². The summed E-state index contributed by atoms with van der Waals surface area (Å²) >= 11 is 1.70. The SMILES string of the molecule is COc1ccccc1-c1nc(C)c(CCN)s1. The molecule has 0 amide bonds. The molecule has 90 valence electrons. The fraction of sp³-hybridized carbons (Fsp3) is 0.308. The molecule has 0 fully saturated rings. The maximum absolute atomic E-state index is 5.59. The van der Waals surface area contributed by atoms with Crippen molar-refractivity contribution in [3.63, 3.8) is 0 Å². The third-order valence-corrected chi connectivity index (χ3v) is 3.85. The Morgan fingerprint density at radius 3 is 2.82 bits per heavy atom. The highest BCUT2D eigenvalue weighted by molar-refractivity contribution is 7.15. The molecule has 2 N–H and O–H groups in total. The first-order valence-electron chi connectivity index (χ1n) is 5.56. The van der Waals surface area contributed by atoms with Crippen LogP contribution < -0.4 is 10.5 Å². The number of aryl methyl sites for hydroxylation is 1. The second-order valence-electron chi connectivity index (χ2n) is 3.77. The Kier molecular flexibility index (Phi) is 3.76. The summed E-state index contributed by atoms with van der Waals surface area (Å²) in [7, 11) is 1.68. The van der Waals surface area contributed by atoms with Gasteiger partial charge in [0.2, 0.25) is 0 Å². The average Bonchev–Trinajstić information content (AvgIpc) is 2.71. The summed E-state index contributed by atoms with van der Waals surface area (Å²) in [5.74, 6) is 0.862. The summed E-state index contributed by atoms with van der Waals surface area (Å²) in [4.78, 5) is 5.85. The molecule has 4 heteroatoms. The largest absolute Gasteiger partial charge is 0.496 e. The predicted molar refractivity (Wildman–Crippen MR) is 71.6 cm³/mol. The number of para-hydroxylation sites is 1. The Bertz CT molecular complexity index is 508. The number of ether oxygens (including phenoxy) is 1. The lowest BCUT2D eigenvalue weighted by Gasteiger charge is -2.04. The number of aromatic nitrogens is 1. The van der Waals surface area contributed by atoms with Gasteiger partial charge in [-0.25, -0.2) is 4.98 Å². The molecule has 0 saturated carbocycles. The Labute approximate surface area is 105 Å². The van der Waals surface area contributed by atoms with E-state index in [9.17, 15) is 0 Å². The molecule has 0 unspecified atom stereocenters. The lowest BCUT2D eigenvalue weighted by Crippen LogP contribution is -2.01. The Morgan fingerprint density at radius 1 is 1.35 bits per heavy atom. The van der Waals surface area contributed by atoms with Crippen molar-refractivity contribution in [2.75, 3.05) is 13.7 Å². The molecule has 0 radical (unpaired) electrons. The Hall–Kier alpha value is -1.39. The number of benzene rings is 1. The highest BCUT2D eigenvalue weighted by Crippen LogP contribution is 2.34. The minimum absolute atomic E-state index is 0.661. The van der Waals surface area contributed by atoms with Gasteiger partial charge in [-0.3, -0.25) is 0 Å². The summed E-state index contributed by atoms with van der Waals surface area (Å²) in [5, 5.41) is 1.00. The van der Waals surface area contributed by atoms with Crippen LogP contribution in [0.4, 0.5) is 0 Å². The fourth-order valence-electron chi connectivity index (χ4n) is 1.73. The van der Waals surface area contributed by atoms with Gasteiger partial charge in [-0.15, -0.1) is 11.3 Å². The maximum atomic E-state index is 5.59. The molecule has 0 aliphatic carbocycles. The lowest BCUT2D eigenvalue weighted by molar-refractivity contribution is 0.416. The maximum Gasteiger partial charge on any atom is 0.129 e. The van der Waals surface area contributed by atoms with Crippen LogP contribution in [0, 0.1) is 6.92 Å². The van der Waals surface area contributed by atoms with Gasteiger partial charge in [-0.05, 0) is 32.0 Å². The van der Waals surface area contributed by atoms with Gasteiger partial charge >= 0.3 is 0 Å². The molecule has 0 aliphatic rings. The average molecular weight is 248 g/mol. The monoisotopic (exact) mass is 248 g/mol. The highest BCUT2D eigenvalue weighted by Gasteiger charge is 2.12. The molecule has 17 heavy (non-hydrogen) atoms. The molecule has 1 aromatic carbocycles. The normalized spacial score (nSPS) is 10.5. The first-order chi connectivity index (χ1) is 8.26. The van der Waals surface area contributed by atoms with Crippen LogP contribution in [0.5, 0.6) is 5.75 Å². The zero-order valence-electron chi connectivity index (χ0n) is 10.1. The molecule has 2 aromatic rings. The van der Waals surface area contributed by atoms with Crippen molar-refractivity contribution in [2.24, 2.45) is 5.73 Å². The quantitative estimate of drug-likeness (QED) is 0.904. The van der Waals surface area contributed by atoms with E-state index < -0.39 is 0 Å².